The molecule has 0 heterocycles. The summed E-state index contributed by atoms with van der Waals surface area (Å²) in [5.74, 6) is 0. The smallest absolute Gasteiger partial charge is 0 e. The molecular weight excluding hydrogens is 264 g/mol. The average molecular weight is 267 g/mol. The van der Waals surface area contributed by atoms with Gasteiger partial charge in [-0.25, -0.2) is 0 Å². The molecular formula is H3Br2KZn. The van der Waals surface area contributed by atoms with Crippen LogP contribution < -0.4 is 0 Å². The van der Waals surface area contributed by atoms with Gasteiger partial charge in [0.05, 0.1) is 0 Å². The maximum Gasteiger partial charge on any atom is 0 e. The van der Waals surface area contributed by atoms with Gasteiger partial charge in [-0.2, -0.15) is 0 Å². The Hall–Kier alpha value is 3.22. The van der Waals surface area contributed by atoms with Gasteiger partial charge < -0.3 is 0 Å². The molecule has 20 valence electrons. The van der Waals surface area contributed by atoms with Crippen LogP contribution in [0.3, 0.4) is 0 Å². The van der Waals surface area contributed by atoms with Crippen molar-refractivity contribution in [2.75, 3.05) is 0 Å². The summed E-state index contributed by atoms with van der Waals surface area (Å²) in [5, 5.41) is 0. The van der Waals surface area contributed by atoms with Crippen molar-refractivity contribution in [1.82, 2.24) is 0 Å². The van der Waals surface area contributed by atoms with Crippen LogP contribution >= 0.6 is 34.0 Å². The van der Waals surface area contributed by atoms with Crippen molar-refractivity contribution in [2.24, 2.45) is 0 Å². The molecule has 0 aromatic rings. The molecule has 0 aliphatic rings. The molecule has 0 bridgehead atoms. The molecule has 0 rings (SSSR count). The number of halogens is 2. The minimum atomic E-state index is 0. The van der Waals surface area contributed by atoms with Crippen LogP contribution in [0.25, 0.3) is 0 Å². The predicted molar refractivity (Wildman–Crippen MR) is 27.8 cm³/mol. The molecule has 0 saturated heterocycles. The minimum Gasteiger partial charge on any atom is 0 e. The van der Waals surface area contributed by atoms with Crippen LogP contribution in [0.5, 0.6) is 0 Å². The fourth-order valence-corrected chi connectivity index (χ4v) is 0. The van der Waals surface area contributed by atoms with Gasteiger partial charge in [0.1, 0.15) is 0 Å². The largest absolute Gasteiger partial charge is 0 e. The summed E-state index contributed by atoms with van der Waals surface area (Å²) in [7, 11) is 0. The van der Waals surface area contributed by atoms with Gasteiger partial charge in [0, 0.05) is 19.5 Å². The Morgan fingerprint density at radius 3 is 0.750 bits per heavy atom. The first-order chi connectivity index (χ1) is 0. The fraction of sp³-hybridized carbons (Fsp3) is 0. The fourth-order valence-electron chi connectivity index (χ4n) is 0. The average Bonchev–Trinajstić information content (AvgIpc) is 0. The molecule has 0 unspecified atom stereocenters. The summed E-state index contributed by atoms with van der Waals surface area (Å²) in [5.41, 5.74) is 0. The molecule has 4 heavy (non-hydrogen) atoms. The van der Waals surface area contributed by atoms with Crippen LogP contribution in [0, 0.1) is 0 Å². The Labute approximate surface area is 102 Å². The number of rotatable bonds is 0. The van der Waals surface area contributed by atoms with Crippen LogP contribution in [-0.2, 0) is 19.5 Å². The first-order valence-corrected chi connectivity index (χ1v) is 0. The van der Waals surface area contributed by atoms with Gasteiger partial charge in [-0.1, -0.05) is 0 Å². The van der Waals surface area contributed by atoms with E-state index in [0.717, 1.165) is 0 Å². The van der Waals surface area contributed by atoms with E-state index in [-0.39, 0.29) is 105 Å². The molecule has 0 aliphatic carbocycles. The van der Waals surface area contributed by atoms with E-state index in [9.17, 15) is 0 Å². The van der Waals surface area contributed by atoms with Crippen LogP contribution in [0.2, 0.25) is 0 Å². The quantitative estimate of drug-likeness (QED) is 0.561. The third-order valence-electron chi connectivity index (χ3n) is 0. The van der Waals surface area contributed by atoms with Crippen molar-refractivity contribution < 1.29 is 19.5 Å². The monoisotopic (exact) mass is 264 g/mol. The van der Waals surface area contributed by atoms with E-state index in [1.165, 1.54) is 0 Å². The first-order valence-electron chi connectivity index (χ1n) is 0. The van der Waals surface area contributed by atoms with Crippen molar-refractivity contribution in [3.63, 3.8) is 0 Å². The molecule has 0 N–H and O–H groups in total. The summed E-state index contributed by atoms with van der Waals surface area (Å²) in [6.07, 6.45) is 0. The van der Waals surface area contributed by atoms with Crippen molar-refractivity contribution >= 4 is 85.3 Å². The van der Waals surface area contributed by atoms with E-state index in [0.29, 0.717) is 0 Å². The Bertz CT molecular complexity index is 6.00. The second kappa shape index (κ2) is 16.3. The van der Waals surface area contributed by atoms with E-state index in [4.69, 9.17) is 0 Å². The van der Waals surface area contributed by atoms with Crippen molar-refractivity contribution in [3.8, 4) is 0 Å². The second-order valence-electron chi connectivity index (χ2n) is 0. The van der Waals surface area contributed by atoms with Crippen LogP contribution in [0.15, 0.2) is 0 Å². The summed E-state index contributed by atoms with van der Waals surface area (Å²) in [6.45, 7) is 0. The SMILES string of the molecule is Br.Br.[KH].[Zn]. The molecule has 0 spiro atoms. The van der Waals surface area contributed by atoms with E-state index >= 15 is 0 Å². The Kier molecular flexibility index (Phi) is 110. The number of hydrogen-bond donors (Lipinski definition) is 0. The van der Waals surface area contributed by atoms with Crippen molar-refractivity contribution in [2.45, 2.75) is 0 Å². The van der Waals surface area contributed by atoms with Crippen molar-refractivity contribution in [3.05, 3.63) is 0 Å². The molecule has 0 aromatic heterocycles. The van der Waals surface area contributed by atoms with Crippen LogP contribution in [0.1, 0.15) is 0 Å². The molecule has 0 radical (unpaired) electrons. The van der Waals surface area contributed by atoms with E-state index < -0.39 is 0 Å². The zero-order valence-corrected chi connectivity index (χ0v) is 7.92. The maximum absolute atomic E-state index is 0. The van der Waals surface area contributed by atoms with Crippen molar-refractivity contribution in [1.29, 1.82) is 0 Å². The summed E-state index contributed by atoms with van der Waals surface area (Å²) in [6, 6.07) is 0. The van der Waals surface area contributed by atoms with Gasteiger partial charge in [0.15, 0.2) is 0 Å². The zero-order chi connectivity index (χ0) is 0. The summed E-state index contributed by atoms with van der Waals surface area (Å²) >= 11 is 0. The van der Waals surface area contributed by atoms with E-state index in [2.05, 4.69) is 0 Å². The molecule has 4 heteroatoms. The third kappa shape index (κ3) is 8.97. The Morgan fingerprint density at radius 2 is 0.750 bits per heavy atom. The molecule has 0 aromatic carbocycles. The number of hydrogen-bond acceptors (Lipinski definition) is 0. The first kappa shape index (κ1) is 26.9. The maximum atomic E-state index is 0. The van der Waals surface area contributed by atoms with Gasteiger partial charge in [-0.15, -0.1) is 34.0 Å². The van der Waals surface area contributed by atoms with Gasteiger partial charge in [-0.05, 0) is 0 Å². The van der Waals surface area contributed by atoms with Crippen LogP contribution in [0.4, 0.5) is 0 Å². The second-order valence-corrected chi connectivity index (χ2v) is 0. The Morgan fingerprint density at radius 1 is 0.750 bits per heavy atom. The topological polar surface area (TPSA) is 0 Å². The molecule has 0 fully saturated rings. The molecule has 0 amide bonds. The van der Waals surface area contributed by atoms with Gasteiger partial charge >= 0.3 is 51.4 Å². The summed E-state index contributed by atoms with van der Waals surface area (Å²) in [4.78, 5) is 0. The molecule has 0 aliphatic heterocycles. The van der Waals surface area contributed by atoms with E-state index in [1.54, 1.807) is 0 Å². The van der Waals surface area contributed by atoms with E-state index in [1.807, 2.05) is 0 Å². The van der Waals surface area contributed by atoms with Gasteiger partial charge in [-0.3, -0.25) is 0 Å². The Balaban J connectivity index is 0. The molecule has 0 nitrogen and oxygen atoms in total. The normalized spacial score (nSPS) is 0. The van der Waals surface area contributed by atoms with Gasteiger partial charge in [0.25, 0.3) is 0 Å². The predicted octanol–water partition coefficient (Wildman–Crippen LogP) is 0.505. The van der Waals surface area contributed by atoms with Crippen LogP contribution in [-0.4, -0.2) is 51.4 Å². The molecule has 0 atom stereocenters. The zero-order valence-electron chi connectivity index (χ0n) is 1.52. The third-order valence-corrected chi connectivity index (χ3v) is 0. The standard InChI is InChI=1S/2BrH.K.Zn.H/h2*1H;;;. The minimum absolute atomic E-state index is 0. The van der Waals surface area contributed by atoms with Gasteiger partial charge in [0.2, 0.25) is 0 Å². The summed E-state index contributed by atoms with van der Waals surface area (Å²) < 4.78 is 0. The molecule has 0 saturated carbocycles.